The number of hydrogen-bond acceptors (Lipinski definition) is 5. The molecule has 1 atom stereocenters. The number of carbonyl (C=O) groups is 2. The Kier molecular flexibility index (Phi) is 6.95. The highest BCUT2D eigenvalue weighted by Gasteiger charge is 2.31. The summed E-state index contributed by atoms with van der Waals surface area (Å²) in [5.74, 6) is -0.131. The molecule has 1 aromatic heterocycles. The number of aromatic nitrogens is 2. The highest BCUT2D eigenvalue weighted by molar-refractivity contribution is 7.15. The summed E-state index contributed by atoms with van der Waals surface area (Å²) in [7, 11) is 0. The molecule has 23 heavy (non-hydrogen) atoms. The molecule has 0 spiro atoms. The van der Waals surface area contributed by atoms with Crippen LogP contribution in [-0.2, 0) is 16.0 Å². The zero-order valence-electron chi connectivity index (χ0n) is 13.9. The Morgan fingerprint density at radius 2 is 2.00 bits per heavy atom. The lowest BCUT2D eigenvalue weighted by molar-refractivity contribution is -0.126. The van der Waals surface area contributed by atoms with Gasteiger partial charge in [0.2, 0.25) is 16.9 Å². The van der Waals surface area contributed by atoms with Gasteiger partial charge in [-0.2, -0.15) is 0 Å². The summed E-state index contributed by atoms with van der Waals surface area (Å²) in [5, 5.41) is 15.3. The molecule has 2 rings (SSSR count). The molecule has 1 heterocycles. The number of anilines is 1. The molecule has 7 heteroatoms. The molecule has 0 bridgehead atoms. The van der Waals surface area contributed by atoms with Gasteiger partial charge in [0.25, 0.3) is 0 Å². The molecular formula is C16H26N4O2S. The van der Waals surface area contributed by atoms with Crippen molar-refractivity contribution in [3.05, 3.63) is 5.01 Å². The Hall–Kier alpha value is -1.50. The van der Waals surface area contributed by atoms with Crippen molar-refractivity contribution in [3.8, 4) is 0 Å². The van der Waals surface area contributed by atoms with Gasteiger partial charge >= 0.3 is 0 Å². The van der Waals surface area contributed by atoms with E-state index >= 15 is 0 Å². The van der Waals surface area contributed by atoms with Gasteiger partial charge in [-0.25, -0.2) is 0 Å². The van der Waals surface area contributed by atoms with Gasteiger partial charge in [0.15, 0.2) is 0 Å². The van der Waals surface area contributed by atoms with Crippen molar-refractivity contribution in [2.24, 2.45) is 5.92 Å². The van der Waals surface area contributed by atoms with Gasteiger partial charge in [0.1, 0.15) is 11.0 Å². The summed E-state index contributed by atoms with van der Waals surface area (Å²) in [4.78, 5) is 23.9. The van der Waals surface area contributed by atoms with E-state index in [1.54, 1.807) is 0 Å². The monoisotopic (exact) mass is 338 g/mol. The molecule has 128 valence electrons. The van der Waals surface area contributed by atoms with E-state index in [2.05, 4.69) is 27.8 Å². The Morgan fingerprint density at radius 3 is 2.65 bits per heavy atom. The Morgan fingerprint density at radius 1 is 1.26 bits per heavy atom. The first-order valence-corrected chi connectivity index (χ1v) is 9.32. The maximum absolute atomic E-state index is 12.5. The summed E-state index contributed by atoms with van der Waals surface area (Å²) in [6, 6.07) is -0.470. The zero-order valence-corrected chi connectivity index (χ0v) is 14.7. The number of aryl methyl sites for hydroxylation is 1. The van der Waals surface area contributed by atoms with E-state index in [-0.39, 0.29) is 17.7 Å². The van der Waals surface area contributed by atoms with Crippen LogP contribution in [0.2, 0.25) is 0 Å². The molecule has 1 fully saturated rings. The smallest absolute Gasteiger partial charge is 0.249 e. The fourth-order valence-corrected chi connectivity index (χ4v) is 3.81. The molecule has 1 aliphatic carbocycles. The molecule has 0 saturated heterocycles. The highest BCUT2D eigenvalue weighted by Crippen LogP contribution is 2.28. The maximum Gasteiger partial charge on any atom is 0.249 e. The lowest BCUT2D eigenvalue weighted by Crippen LogP contribution is -2.47. The molecule has 1 aromatic rings. The number of carbonyl (C=O) groups excluding carboxylic acids is 2. The van der Waals surface area contributed by atoms with Crippen LogP contribution in [-0.4, -0.2) is 28.1 Å². The predicted molar refractivity (Wildman–Crippen MR) is 91.3 cm³/mol. The highest BCUT2D eigenvalue weighted by atomic mass is 32.1. The van der Waals surface area contributed by atoms with Crippen molar-refractivity contribution < 1.29 is 9.59 Å². The molecular weight excluding hydrogens is 312 g/mol. The minimum Gasteiger partial charge on any atom is -0.344 e. The number of amides is 2. The van der Waals surface area contributed by atoms with Crippen LogP contribution in [0.3, 0.4) is 0 Å². The van der Waals surface area contributed by atoms with E-state index in [1.165, 1.54) is 31.1 Å². The fraction of sp³-hybridized carbons (Fsp3) is 0.750. The largest absolute Gasteiger partial charge is 0.344 e. The SMILES string of the molecule is CCCCCc1nnc(NC(=O)C(NC(C)=O)C2CCCC2)s1. The summed E-state index contributed by atoms with van der Waals surface area (Å²) in [6.07, 6.45) is 8.54. The summed E-state index contributed by atoms with van der Waals surface area (Å²) >= 11 is 1.42. The van der Waals surface area contributed by atoms with Crippen LogP contribution < -0.4 is 10.6 Å². The third-order valence-electron chi connectivity index (χ3n) is 4.20. The first kappa shape index (κ1) is 17.8. The van der Waals surface area contributed by atoms with Crippen LogP contribution >= 0.6 is 11.3 Å². The second kappa shape index (κ2) is 8.96. The first-order chi connectivity index (χ1) is 11.1. The number of hydrogen-bond donors (Lipinski definition) is 2. The van der Waals surface area contributed by atoms with E-state index in [9.17, 15) is 9.59 Å². The van der Waals surface area contributed by atoms with Gasteiger partial charge in [-0.3, -0.25) is 14.9 Å². The zero-order chi connectivity index (χ0) is 16.7. The minimum absolute atomic E-state index is 0.172. The molecule has 6 nitrogen and oxygen atoms in total. The van der Waals surface area contributed by atoms with Crippen molar-refractivity contribution in [2.75, 3.05) is 5.32 Å². The molecule has 0 aliphatic heterocycles. The van der Waals surface area contributed by atoms with E-state index in [4.69, 9.17) is 0 Å². The number of nitrogens with zero attached hydrogens (tertiary/aromatic N) is 2. The average molecular weight is 338 g/mol. The van der Waals surface area contributed by atoms with Crippen molar-refractivity contribution >= 4 is 28.3 Å². The van der Waals surface area contributed by atoms with E-state index in [1.807, 2.05) is 0 Å². The molecule has 1 saturated carbocycles. The molecule has 2 N–H and O–H groups in total. The molecule has 0 aromatic carbocycles. The van der Waals surface area contributed by atoms with Crippen LogP contribution in [0.25, 0.3) is 0 Å². The number of rotatable bonds is 8. The standard InChI is InChI=1S/C16H26N4O2S/c1-3-4-5-10-13-19-20-16(23-13)18-15(22)14(17-11(2)21)12-8-6-7-9-12/h12,14H,3-10H2,1-2H3,(H,17,21)(H,18,20,22). The van der Waals surface area contributed by atoms with Gasteiger partial charge in [-0.1, -0.05) is 43.9 Å². The normalized spacial score (nSPS) is 16.3. The quantitative estimate of drug-likeness (QED) is 0.714. The van der Waals surface area contributed by atoms with Crippen molar-refractivity contribution in [1.29, 1.82) is 0 Å². The maximum atomic E-state index is 12.5. The van der Waals surface area contributed by atoms with Crippen LogP contribution in [0.4, 0.5) is 5.13 Å². The summed E-state index contributed by atoms with van der Waals surface area (Å²) in [5.41, 5.74) is 0. The molecule has 2 amide bonds. The summed E-state index contributed by atoms with van der Waals surface area (Å²) in [6.45, 7) is 3.61. The van der Waals surface area contributed by atoms with Gasteiger partial charge in [-0.05, 0) is 25.2 Å². The fourth-order valence-electron chi connectivity index (χ4n) is 3.02. The lowest BCUT2D eigenvalue weighted by Gasteiger charge is -2.22. The van der Waals surface area contributed by atoms with Crippen LogP contribution in [0.15, 0.2) is 0 Å². The second-order valence-electron chi connectivity index (χ2n) is 6.17. The lowest BCUT2D eigenvalue weighted by atomic mass is 9.97. The van der Waals surface area contributed by atoms with E-state index < -0.39 is 6.04 Å². The van der Waals surface area contributed by atoms with Crippen molar-refractivity contribution in [1.82, 2.24) is 15.5 Å². The first-order valence-electron chi connectivity index (χ1n) is 8.50. The predicted octanol–water partition coefficient (Wildman–Crippen LogP) is 2.90. The Labute approximate surface area is 141 Å². The number of unbranched alkanes of at least 4 members (excludes halogenated alkanes) is 2. The van der Waals surface area contributed by atoms with E-state index in [0.717, 1.165) is 43.5 Å². The van der Waals surface area contributed by atoms with Gasteiger partial charge in [0, 0.05) is 13.3 Å². The average Bonchev–Trinajstić information content (AvgIpc) is 3.16. The number of nitrogens with one attached hydrogen (secondary N) is 2. The molecule has 1 unspecified atom stereocenters. The Balaban J connectivity index is 1.93. The van der Waals surface area contributed by atoms with Crippen molar-refractivity contribution in [3.63, 3.8) is 0 Å². The van der Waals surface area contributed by atoms with E-state index in [0.29, 0.717) is 5.13 Å². The van der Waals surface area contributed by atoms with Crippen molar-refractivity contribution in [2.45, 2.75) is 71.3 Å². The van der Waals surface area contributed by atoms with Gasteiger partial charge in [-0.15, -0.1) is 10.2 Å². The summed E-state index contributed by atoms with van der Waals surface area (Å²) < 4.78 is 0. The second-order valence-corrected chi connectivity index (χ2v) is 7.23. The Bertz CT molecular complexity index is 526. The molecule has 1 aliphatic rings. The minimum atomic E-state index is -0.470. The van der Waals surface area contributed by atoms with Crippen LogP contribution in [0.1, 0.15) is 63.8 Å². The topological polar surface area (TPSA) is 84.0 Å². The van der Waals surface area contributed by atoms with Gasteiger partial charge in [0.05, 0.1) is 0 Å². The third-order valence-corrected chi connectivity index (χ3v) is 5.10. The molecule has 0 radical (unpaired) electrons. The third kappa shape index (κ3) is 5.57. The van der Waals surface area contributed by atoms with Crippen LogP contribution in [0, 0.1) is 5.92 Å². The van der Waals surface area contributed by atoms with Gasteiger partial charge < -0.3 is 5.32 Å². The van der Waals surface area contributed by atoms with Crippen LogP contribution in [0.5, 0.6) is 0 Å².